The number of hydrogen-bond acceptors (Lipinski definition) is 0. The summed E-state index contributed by atoms with van der Waals surface area (Å²) in [5.41, 5.74) is 0.850. The molecule has 1 rings (SSSR count). The van der Waals surface area contributed by atoms with Gasteiger partial charge in [-0.1, -0.05) is 60.8 Å². The fourth-order valence-corrected chi connectivity index (χ4v) is 2.57. The van der Waals surface area contributed by atoms with Crippen molar-refractivity contribution in [3.63, 3.8) is 0 Å². The van der Waals surface area contributed by atoms with Crippen molar-refractivity contribution in [3.8, 4) is 0 Å². The van der Waals surface area contributed by atoms with Crippen molar-refractivity contribution in [1.29, 1.82) is 0 Å². The Hall–Kier alpha value is -0.370. The molecule has 0 radical (unpaired) electrons. The van der Waals surface area contributed by atoms with Crippen molar-refractivity contribution in [2.24, 2.45) is 5.92 Å². The van der Waals surface area contributed by atoms with Crippen LogP contribution < -0.4 is 0 Å². The van der Waals surface area contributed by atoms with E-state index in [9.17, 15) is 4.39 Å². The molecule has 0 nitrogen and oxygen atoms in total. The first kappa shape index (κ1) is 13.7. The molecular formula is C14H20BrF. The highest BCUT2D eigenvalue weighted by molar-refractivity contribution is 9.09. The first-order valence-corrected chi connectivity index (χ1v) is 7.07. The molecule has 90 valence electrons. The van der Waals surface area contributed by atoms with E-state index in [1.54, 1.807) is 12.1 Å². The molecule has 0 aliphatic carbocycles. The minimum atomic E-state index is -0.0727. The third kappa shape index (κ3) is 4.25. The molecule has 0 saturated heterocycles. The van der Waals surface area contributed by atoms with Gasteiger partial charge in [-0.25, -0.2) is 4.39 Å². The van der Waals surface area contributed by atoms with Gasteiger partial charge in [0, 0.05) is 5.33 Å². The number of alkyl halides is 1. The Kier molecular flexibility index (Phi) is 6.04. The van der Waals surface area contributed by atoms with Crippen LogP contribution in [0.15, 0.2) is 24.3 Å². The van der Waals surface area contributed by atoms with E-state index < -0.39 is 0 Å². The Labute approximate surface area is 106 Å². The fraction of sp³-hybridized carbons (Fsp3) is 0.571. The number of benzene rings is 1. The molecule has 0 N–H and O–H groups in total. The predicted octanol–water partition coefficient (Wildman–Crippen LogP) is 5.13. The van der Waals surface area contributed by atoms with Gasteiger partial charge in [0.2, 0.25) is 0 Å². The molecule has 1 aromatic rings. The summed E-state index contributed by atoms with van der Waals surface area (Å²) >= 11 is 3.49. The lowest BCUT2D eigenvalue weighted by Gasteiger charge is -2.15. The molecule has 0 heterocycles. The van der Waals surface area contributed by atoms with E-state index in [1.807, 2.05) is 12.1 Å². The predicted molar refractivity (Wildman–Crippen MR) is 71.6 cm³/mol. The summed E-state index contributed by atoms with van der Waals surface area (Å²) in [5.74, 6) is 0.966. The first-order chi connectivity index (χ1) is 7.65. The van der Waals surface area contributed by atoms with E-state index >= 15 is 0 Å². The standard InChI is InChI=1S/C14H20BrF/c1-11(2)6-5-7-12(10-15)13-8-3-4-9-14(13)16/h3-4,8-9,11-12H,5-7,10H2,1-2H3. The Morgan fingerprint density at radius 2 is 1.88 bits per heavy atom. The number of hydrogen-bond donors (Lipinski definition) is 0. The Balaban J connectivity index is 2.57. The summed E-state index contributed by atoms with van der Waals surface area (Å²) < 4.78 is 13.6. The molecule has 16 heavy (non-hydrogen) atoms. The monoisotopic (exact) mass is 286 g/mol. The van der Waals surface area contributed by atoms with Crippen molar-refractivity contribution in [3.05, 3.63) is 35.6 Å². The van der Waals surface area contributed by atoms with Gasteiger partial charge in [-0.3, -0.25) is 0 Å². The summed E-state index contributed by atoms with van der Waals surface area (Å²) in [5, 5.41) is 0.839. The molecule has 1 aromatic carbocycles. The van der Waals surface area contributed by atoms with Crippen LogP contribution in [-0.4, -0.2) is 5.33 Å². The second-order valence-corrected chi connectivity index (χ2v) is 5.34. The molecule has 0 fully saturated rings. The quantitative estimate of drug-likeness (QED) is 0.636. The van der Waals surface area contributed by atoms with Gasteiger partial charge in [0.15, 0.2) is 0 Å². The van der Waals surface area contributed by atoms with E-state index in [0.717, 1.165) is 23.2 Å². The summed E-state index contributed by atoms with van der Waals surface area (Å²) in [6.07, 6.45) is 3.45. The average Bonchev–Trinajstić information content (AvgIpc) is 2.25. The molecule has 1 atom stereocenters. The maximum atomic E-state index is 13.6. The smallest absolute Gasteiger partial charge is 0.126 e. The molecule has 0 aromatic heterocycles. The number of halogens is 2. The summed E-state index contributed by atoms with van der Waals surface area (Å²) in [6, 6.07) is 7.11. The third-order valence-electron chi connectivity index (χ3n) is 2.87. The zero-order valence-corrected chi connectivity index (χ0v) is 11.6. The lowest BCUT2D eigenvalue weighted by molar-refractivity contribution is 0.504. The Bertz CT molecular complexity index is 309. The molecule has 0 spiro atoms. The second-order valence-electron chi connectivity index (χ2n) is 4.70. The van der Waals surface area contributed by atoms with Crippen LogP contribution in [0, 0.1) is 11.7 Å². The van der Waals surface area contributed by atoms with Crippen LogP contribution in [0.1, 0.15) is 44.6 Å². The maximum Gasteiger partial charge on any atom is 0.126 e. The molecule has 0 aliphatic heterocycles. The van der Waals surface area contributed by atoms with Gasteiger partial charge in [0.1, 0.15) is 5.82 Å². The van der Waals surface area contributed by atoms with Gasteiger partial charge in [0.05, 0.1) is 0 Å². The first-order valence-electron chi connectivity index (χ1n) is 5.95. The number of rotatable bonds is 6. The second kappa shape index (κ2) is 7.05. The van der Waals surface area contributed by atoms with Crippen LogP contribution in [0.5, 0.6) is 0 Å². The minimum absolute atomic E-state index is 0.0727. The average molecular weight is 287 g/mol. The lowest BCUT2D eigenvalue weighted by atomic mass is 9.93. The third-order valence-corrected chi connectivity index (χ3v) is 3.65. The maximum absolute atomic E-state index is 13.6. The van der Waals surface area contributed by atoms with E-state index in [2.05, 4.69) is 29.8 Å². The highest BCUT2D eigenvalue weighted by atomic mass is 79.9. The fourth-order valence-electron chi connectivity index (χ4n) is 1.89. The zero-order valence-electron chi connectivity index (χ0n) is 10.0. The summed E-state index contributed by atoms with van der Waals surface area (Å²) in [6.45, 7) is 4.46. The normalized spacial score (nSPS) is 13.1. The molecular weight excluding hydrogens is 267 g/mol. The minimum Gasteiger partial charge on any atom is -0.207 e. The highest BCUT2D eigenvalue weighted by Gasteiger charge is 2.13. The van der Waals surface area contributed by atoms with Crippen LogP contribution in [0.2, 0.25) is 0 Å². The molecule has 1 unspecified atom stereocenters. The molecule has 2 heteroatoms. The van der Waals surface area contributed by atoms with E-state index in [4.69, 9.17) is 0 Å². The lowest BCUT2D eigenvalue weighted by Crippen LogP contribution is -2.04. The van der Waals surface area contributed by atoms with Gasteiger partial charge in [-0.2, -0.15) is 0 Å². The highest BCUT2D eigenvalue weighted by Crippen LogP contribution is 2.27. The van der Waals surface area contributed by atoms with Crippen LogP contribution in [0.3, 0.4) is 0 Å². The van der Waals surface area contributed by atoms with Gasteiger partial charge >= 0.3 is 0 Å². The Morgan fingerprint density at radius 1 is 1.19 bits per heavy atom. The van der Waals surface area contributed by atoms with Crippen molar-refractivity contribution in [1.82, 2.24) is 0 Å². The van der Waals surface area contributed by atoms with Crippen LogP contribution in [0.4, 0.5) is 4.39 Å². The molecule has 0 aliphatic rings. The van der Waals surface area contributed by atoms with Gasteiger partial charge in [0.25, 0.3) is 0 Å². The molecule has 0 amide bonds. The SMILES string of the molecule is CC(C)CCCC(CBr)c1ccccc1F. The van der Waals surface area contributed by atoms with Crippen LogP contribution in [-0.2, 0) is 0 Å². The van der Waals surface area contributed by atoms with Crippen molar-refractivity contribution < 1.29 is 4.39 Å². The largest absolute Gasteiger partial charge is 0.207 e. The van der Waals surface area contributed by atoms with Crippen LogP contribution in [0.25, 0.3) is 0 Å². The van der Waals surface area contributed by atoms with Crippen molar-refractivity contribution in [2.75, 3.05) is 5.33 Å². The van der Waals surface area contributed by atoms with Crippen molar-refractivity contribution in [2.45, 2.75) is 39.0 Å². The van der Waals surface area contributed by atoms with E-state index in [-0.39, 0.29) is 5.82 Å². The van der Waals surface area contributed by atoms with Gasteiger partial charge < -0.3 is 0 Å². The van der Waals surface area contributed by atoms with Crippen LogP contribution >= 0.6 is 15.9 Å². The zero-order chi connectivity index (χ0) is 12.0. The van der Waals surface area contributed by atoms with Gasteiger partial charge in [-0.05, 0) is 29.9 Å². The van der Waals surface area contributed by atoms with Crippen molar-refractivity contribution >= 4 is 15.9 Å². The summed E-state index contributed by atoms with van der Waals surface area (Å²) in [7, 11) is 0. The van der Waals surface area contributed by atoms with E-state index in [0.29, 0.717) is 5.92 Å². The van der Waals surface area contributed by atoms with E-state index in [1.165, 1.54) is 12.8 Å². The summed E-state index contributed by atoms with van der Waals surface area (Å²) in [4.78, 5) is 0. The topological polar surface area (TPSA) is 0 Å². The molecule has 0 bridgehead atoms. The molecule has 0 saturated carbocycles. The Morgan fingerprint density at radius 3 is 2.44 bits per heavy atom. The van der Waals surface area contributed by atoms with Gasteiger partial charge in [-0.15, -0.1) is 0 Å².